The number of benzene rings is 1. The quantitative estimate of drug-likeness (QED) is 0.911. The molecule has 0 aliphatic carbocycles. The highest BCUT2D eigenvalue weighted by Gasteiger charge is 2.36. The lowest BCUT2D eigenvalue weighted by atomic mass is 10.0. The van der Waals surface area contributed by atoms with E-state index in [9.17, 15) is 14.7 Å². The molecule has 0 bridgehead atoms. The molecule has 0 radical (unpaired) electrons. The van der Waals surface area contributed by atoms with Crippen molar-refractivity contribution in [2.24, 2.45) is 0 Å². The van der Waals surface area contributed by atoms with Gasteiger partial charge < -0.3 is 14.6 Å². The summed E-state index contributed by atoms with van der Waals surface area (Å²) in [6.45, 7) is 4.18. The molecular formula is C17H20N4O3. The molecular weight excluding hydrogens is 308 g/mol. The van der Waals surface area contributed by atoms with Crippen molar-refractivity contribution in [2.45, 2.75) is 45.8 Å². The number of carboxylic acids is 1. The summed E-state index contributed by atoms with van der Waals surface area (Å²) in [5.41, 5.74) is 2.05. The van der Waals surface area contributed by atoms with Gasteiger partial charge in [0.2, 0.25) is 5.91 Å². The number of carboxylic acid groups (broad SMARTS) is 1. The Morgan fingerprint density at radius 3 is 2.62 bits per heavy atom. The van der Waals surface area contributed by atoms with E-state index in [0.717, 1.165) is 17.5 Å². The zero-order valence-electron chi connectivity index (χ0n) is 13.8. The maximum atomic E-state index is 12.8. The topological polar surface area (TPSA) is 88.3 Å². The number of carbonyl (C=O) groups excluding carboxylic acids is 1. The molecule has 1 aromatic carbocycles. The second kappa shape index (κ2) is 6.43. The van der Waals surface area contributed by atoms with Crippen molar-refractivity contribution in [3.63, 3.8) is 0 Å². The van der Waals surface area contributed by atoms with Crippen LogP contribution < -0.4 is 0 Å². The van der Waals surface area contributed by atoms with Crippen molar-refractivity contribution in [2.75, 3.05) is 0 Å². The summed E-state index contributed by atoms with van der Waals surface area (Å²) in [4.78, 5) is 25.8. The molecule has 24 heavy (non-hydrogen) atoms. The molecule has 1 atom stereocenters. The molecule has 0 fully saturated rings. The Morgan fingerprint density at radius 2 is 1.96 bits per heavy atom. The predicted molar refractivity (Wildman–Crippen MR) is 86.3 cm³/mol. The lowest BCUT2D eigenvalue weighted by Crippen LogP contribution is -2.51. The lowest BCUT2D eigenvalue weighted by molar-refractivity contribution is -0.152. The third-order valence-corrected chi connectivity index (χ3v) is 4.50. The zero-order chi connectivity index (χ0) is 17.3. The van der Waals surface area contributed by atoms with Crippen LogP contribution in [0.3, 0.4) is 0 Å². The summed E-state index contributed by atoms with van der Waals surface area (Å²) in [7, 11) is 0. The Labute approximate surface area is 139 Å². The predicted octanol–water partition coefficient (Wildman–Crippen LogP) is 1.19. The van der Waals surface area contributed by atoms with Crippen molar-refractivity contribution < 1.29 is 14.7 Å². The van der Waals surface area contributed by atoms with Crippen LogP contribution in [0.1, 0.15) is 29.7 Å². The summed E-state index contributed by atoms with van der Waals surface area (Å²) in [5.74, 6) is 0.0860. The van der Waals surface area contributed by atoms with E-state index in [1.165, 1.54) is 4.90 Å². The molecule has 1 aliphatic heterocycles. The minimum Gasteiger partial charge on any atom is -0.480 e. The second-order valence-electron chi connectivity index (χ2n) is 5.95. The van der Waals surface area contributed by atoms with Gasteiger partial charge in [0, 0.05) is 0 Å². The summed E-state index contributed by atoms with van der Waals surface area (Å²) in [5, 5.41) is 17.6. The average molecular weight is 328 g/mol. The largest absolute Gasteiger partial charge is 0.480 e. The van der Waals surface area contributed by atoms with Gasteiger partial charge in [0.05, 0.1) is 19.5 Å². The maximum Gasteiger partial charge on any atom is 0.328 e. The third kappa shape index (κ3) is 2.89. The number of carbonyl (C=O) groups is 2. The average Bonchev–Trinajstić information content (AvgIpc) is 2.94. The first-order chi connectivity index (χ1) is 11.5. The van der Waals surface area contributed by atoms with Crippen molar-refractivity contribution in [3.8, 4) is 0 Å². The Morgan fingerprint density at radius 1 is 1.25 bits per heavy atom. The van der Waals surface area contributed by atoms with Gasteiger partial charge in [-0.1, -0.05) is 31.2 Å². The molecule has 126 valence electrons. The lowest BCUT2D eigenvalue weighted by Gasteiger charge is -2.33. The van der Waals surface area contributed by atoms with Gasteiger partial charge in [-0.15, -0.1) is 10.2 Å². The van der Waals surface area contributed by atoms with E-state index in [2.05, 4.69) is 10.2 Å². The number of rotatable bonds is 4. The van der Waals surface area contributed by atoms with Crippen LogP contribution >= 0.6 is 0 Å². The minimum atomic E-state index is -1.01. The van der Waals surface area contributed by atoms with E-state index in [1.807, 2.05) is 31.2 Å². The highest BCUT2D eigenvalue weighted by Crippen LogP contribution is 2.20. The Balaban J connectivity index is 1.86. The van der Waals surface area contributed by atoms with Crippen LogP contribution in [-0.2, 0) is 35.5 Å². The number of amides is 1. The van der Waals surface area contributed by atoms with E-state index in [1.54, 1.807) is 11.5 Å². The highest BCUT2D eigenvalue weighted by atomic mass is 16.4. The molecule has 7 heteroatoms. The molecule has 2 aromatic rings. The number of hydrogen-bond acceptors (Lipinski definition) is 4. The van der Waals surface area contributed by atoms with Gasteiger partial charge in [-0.05, 0) is 24.5 Å². The molecule has 2 heterocycles. The van der Waals surface area contributed by atoms with Gasteiger partial charge in [0.1, 0.15) is 11.9 Å². The maximum absolute atomic E-state index is 12.8. The Bertz CT molecular complexity index is 784. The van der Waals surface area contributed by atoms with E-state index in [-0.39, 0.29) is 25.4 Å². The second-order valence-corrected chi connectivity index (χ2v) is 5.95. The molecule has 1 aliphatic rings. The number of aromatic nitrogens is 3. The van der Waals surface area contributed by atoms with Gasteiger partial charge in [-0.25, -0.2) is 4.79 Å². The molecule has 0 spiro atoms. The van der Waals surface area contributed by atoms with Crippen LogP contribution in [0.15, 0.2) is 24.3 Å². The molecule has 3 rings (SSSR count). The summed E-state index contributed by atoms with van der Waals surface area (Å²) < 4.78 is 1.77. The third-order valence-electron chi connectivity index (χ3n) is 4.50. The number of aryl methyl sites for hydroxylation is 2. The van der Waals surface area contributed by atoms with Gasteiger partial charge in [0.25, 0.3) is 0 Å². The summed E-state index contributed by atoms with van der Waals surface area (Å²) in [6.07, 6.45) is 1.03. The number of aliphatic carboxylic acids is 1. The first-order valence-electron chi connectivity index (χ1n) is 7.99. The fraction of sp³-hybridized carbons (Fsp3) is 0.412. The van der Waals surface area contributed by atoms with Crippen molar-refractivity contribution >= 4 is 11.9 Å². The Kier molecular flexibility index (Phi) is 4.33. The van der Waals surface area contributed by atoms with E-state index < -0.39 is 12.0 Å². The van der Waals surface area contributed by atoms with E-state index in [4.69, 9.17) is 0 Å². The monoisotopic (exact) mass is 328 g/mol. The van der Waals surface area contributed by atoms with Gasteiger partial charge in [0.15, 0.2) is 5.82 Å². The van der Waals surface area contributed by atoms with Crippen LogP contribution in [-0.4, -0.2) is 42.7 Å². The number of hydrogen-bond donors (Lipinski definition) is 1. The fourth-order valence-electron chi connectivity index (χ4n) is 3.13. The first-order valence-corrected chi connectivity index (χ1v) is 7.99. The zero-order valence-corrected chi connectivity index (χ0v) is 13.8. The van der Waals surface area contributed by atoms with Gasteiger partial charge in [-0.2, -0.15) is 0 Å². The molecule has 0 saturated carbocycles. The summed E-state index contributed by atoms with van der Waals surface area (Å²) in [6, 6.07) is 6.86. The SMILES string of the molecule is CCc1ccccc1CC(=O)N1Cc2nnc(C)n2CC1C(=O)O. The van der Waals surface area contributed by atoms with Crippen LogP contribution in [0, 0.1) is 6.92 Å². The van der Waals surface area contributed by atoms with Gasteiger partial charge >= 0.3 is 5.97 Å². The van der Waals surface area contributed by atoms with Crippen LogP contribution in [0.5, 0.6) is 0 Å². The molecule has 1 aromatic heterocycles. The molecule has 1 amide bonds. The van der Waals surface area contributed by atoms with Crippen molar-refractivity contribution in [1.29, 1.82) is 0 Å². The Hall–Kier alpha value is -2.70. The van der Waals surface area contributed by atoms with Crippen molar-refractivity contribution in [1.82, 2.24) is 19.7 Å². The van der Waals surface area contributed by atoms with E-state index in [0.29, 0.717) is 11.6 Å². The van der Waals surface area contributed by atoms with Crippen LogP contribution in [0.2, 0.25) is 0 Å². The minimum absolute atomic E-state index is 0.172. The van der Waals surface area contributed by atoms with E-state index >= 15 is 0 Å². The first kappa shape index (κ1) is 16.2. The molecule has 0 saturated heterocycles. The number of fused-ring (bicyclic) bond motifs is 1. The molecule has 7 nitrogen and oxygen atoms in total. The molecule has 1 N–H and O–H groups in total. The van der Waals surface area contributed by atoms with Crippen LogP contribution in [0.25, 0.3) is 0 Å². The van der Waals surface area contributed by atoms with Crippen molar-refractivity contribution in [3.05, 3.63) is 47.0 Å². The highest BCUT2D eigenvalue weighted by molar-refractivity contribution is 5.85. The summed E-state index contributed by atoms with van der Waals surface area (Å²) >= 11 is 0. The molecule has 1 unspecified atom stereocenters. The van der Waals surface area contributed by atoms with Gasteiger partial charge in [-0.3, -0.25) is 4.79 Å². The standard InChI is InChI=1S/C17H20N4O3/c1-3-12-6-4-5-7-13(12)8-16(22)21-10-15-19-18-11(2)20(15)9-14(21)17(23)24/h4-7,14H,3,8-10H2,1-2H3,(H,23,24). The van der Waals surface area contributed by atoms with Crippen LogP contribution in [0.4, 0.5) is 0 Å². The number of nitrogens with zero attached hydrogens (tertiary/aromatic N) is 4. The fourth-order valence-corrected chi connectivity index (χ4v) is 3.13. The smallest absolute Gasteiger partial charge is 0.328 e. The normalized spacial score (nSPS) is 16.8.